The summed E-state index contributed by atoms with van der Waals surface area (Å²) in [4.78, 5) is 19.6. The van der Waals surface area contributed by atoms with Crippen molar-refractivity contribution in [2.45, 2.75) is 32.7 Å². The van der Waals surface area contributed by atoms with Gasteiger partial charge in [0.05, 0.1) is 0 Å². The third kappa shape index (κ3) is 3.59. The van der Waals surface area contributed by atoms with Gasteiger partial charge in [0.15, 0.2) is 5.78 Å². The SMILES string of the molecule is Cc1cc(CN2CCC(=C3c4ccccc4CC(=O)c4cscc43)CC2)ccn1. The number of thiophene rings is 1. The number of carbonyl (C=O) groups excluding carboxylic acids is 1. The van der Waals surface area contributed by atoms with Crippen molar-refractivity contribution in [2.75, 3.05) is 13.1 Å². The third-order valence-corrected chi connectivity index (χ3v) is 6.79. The number of pyridine rings is 1. The van der Waals surface area contributed by atoms with E-state index in [0.29, 0.717) is 6.42 Å². The van der Waals surface area contributed by atoms with Gasteiger partial charge in [0, 0.05) is 54.5 Å². The normalized spacial score (nSPS) is 17.1. The number of likely N-dealkylation sites (tertiary alicyclic amines) is 1. The van der Waals surface area contributed by atoms with E-state index >= 15 is 0 Å². The fraction of sp³-hybridized carbons (Fsp3) is 0.280. The Bertz CT molecular complexity index is 1100. The smallest absolute Gasteiger partial charge is 0.168 e. The summed E-state index contributed by atoms with van der Waals surface area (Å²) >= 11 is 1.64. The summed E-state index contributed by atoms with van der Waals surface area (Å²) < 4.78 is 0. The molecule has 2 aliphatic rings. The van der Waals surface area contributed by atoms with Crippen LogP contribution >= 0.6 is 11.3 Å². The van der Waals surface area contributed by atoms with Crippen LogP contribution in [0.4, 0.5) is 0 Å². The van der Waals surface area contributed by atoms with Crippen LogP contribution in [0.3, 0.4) is 0 Å². The Kier molecular flexibility index (Phi) is 4.90. The molecule has 0 atom stereocenters. The molecule has 1 aromatic carbocycles. The van der Waals surface area contributed by atoms with E-state index in [0.717, 1.165) is 54.9 Å². The van der Waals surface area contributed by atoms with Gasteiger partial charge >= 0.3 is 0 Å². The van der Waals surface area contributed by atoms with E-state index in [-0.39, 0.29) is 5.78 Å². The molecule has 29 heavy (non-hydrogen) atoms. The molecular formula is C25H24N2OS. The van der Waals surface area contributed by atoms with Gasteiger partial charge in [-0.05, 0) is 59.5 Å². The molecule has 4 heteroatoms. The maximum atomic E-state index is 12.8. The number of carbonyl (C=O) groups is 1. The molecule has 0 radical (unpaired) electrons. The highest BCUT2D eigenvalue weighted by molar-refractivity contribution is 7.08. The molecule has 0 spiro atoms. The van der Waals surface area contributed by atoms with Crippen LogP contribution in [-0.2, 0) is 13.0 Å². The van der Waals surface area contributed by atoms with Crippen LogP contribution in [0.25, 0.3) is 5.57 Å². The number of hydrogen-bond donors (Lipinski definition) is 0. The standard InChI is InChI=1S/C25H24N2OS/c1-17-12-18(6-9-26-17)14-27-10-7-19(8-11-27)25-21-5-3-2-4-20(21)13-24(28)22-15-29-16-23(22)25/h2-6,9,12,15-16H,7-8,10-11,13-14H2,1H3. The van der Waals surface area contributed by atoms with Crippen LogP contribution in [0, 0.1) is 6.92 Å². The lowest BCUT2D eigenvalue weighted by Crippen LogP contribution is -2.30. The number of benzene rings is 1. The zero-order chi connectivity index (χ0) is 19.8. The second-order valence-corrected chi connectivity index (χ2v) is 8.76. The molecule has 1 saturated heterocycles. The predicted octanol–water partition coefficient (Wildman–Crippen LogP) is 5.29. The Morgan fingerprint density at radius 3 is 2.66 bits per heavy atom. The number of fused-ring (bicyclic) bond motifs is 2. The van der Waals surface area contributed by atoms with Gasteiger partial charge in [-0.25, -0.2) is 0 Å². The fourth-order valence-electron chi connectivity index (χ4n) is 4.61. The molecule has 0 amide bonds. The first-order valence-electron chi connectivity index (χ1n) is 10.2. The number of aryl methyl sites for hydroxylation is 1. The lowest BCUT2D eigenvalue weighted by Gasteiger charge is -2.30. The Hall–Kier alpha value is -2.56. The number of rotatable bonds is 2. The predicted molar refractivity (Wildman–Crippen MR) is 118 cm³/mol. The zero-order valence-electron chi connectivity index (χ0n) is 16.6. The maximum Gasteiger partial charge on any atom is 0.168 e. The van der Waals surface area contributed by atoms with Crippen LogP contribution < -0.4 is 0 Å². The minimum absolute atomic E-state index is 0.245. The van der Waals surface area contributed by atoms with Gasteiger partial charge in [0.1, 0.15) is 0 Å². The molecule has 0 N–H and O–H groups in total. The number of hydrogen-bond acceptors (Lipinski definition) is 4. The monoisotopic (exact) mass is 400 g/mol. The van der Waals surface area contributed by atoms with Gasteiger partial charge in [-0.2, -0.15) is 11.3 Å². The van der Waals surface area contributed by atoms with Crippen molar-refractivity contribution < 1.29 is 4.79 Å². The van der Waals surface area contributed by atoms with E-state index in [2.05, 4.69) is 45.6 Å². The third-order valence-electron chi connectivity index (χ3n) is 6.05. The zero-order valence-corrected chi connectivity index (χ0v) is 17.5. The van der Waals surface area contributed by atoms with Crippen molar-refractivity contribution in [1.29, 1.82) is 0 Å². The molecule has 5 rings (SSSR count). The molecule has 146 valence electrons. The van der Waals surface area contributed by atoms with E-state index in [1.165, 1.54) is 22.3 Å². The molecular weight excluding hydrogens is 376 g/mol. The Labute approximate surface area is 175 Å². The van der Waals surface area contributed by atoms with Crippen molar-refractivity contribution in [3.63, 3.8) is 0 Å². The quantitative estimate of drug-likeness (QED) is 0.586. The number of piperidine rings is 1. The van der Waals surface area contributed by atoms with Crippen molar-refractivity contribution in [2.24, 2.45) is 0 Å². The van der Waals surface area contributed by atoms with Gasteiger partial charge in [-0.3, -0.25) is 14.7 Å². The van der Waals surface area contributed by atoms with Gasteiger partial charge in [0.25, 0.3) is 0 Å². The first kappa shape index (κ1) is 18.5. The summed E-state index contributed by atoms with van der Waals surface area (Å²) in [5.41, 5.74) is 9.70. The molecule has 0 bridgehead atoms. The van der Waals surface area contributed by atoms with Gasteiger partial charge in [-0.1, -0.05) is 29.8 Å². The van der Waals surface area contributed by atoms with E-state index in [9.17, 15) is 4.79 Å². The van der Waals surface area contributed by atoms with Gasteiger partial charge in [0.2, 0.25) is 0 Å². The van der Waals surface area contributed by atoms with Crippen molar-refractivity contribution in [3.8, 4) is 0 Å². The lowest BCUT2D eigenvalue weighted by molar-refractivity contribution is 0.0993. The summed E-state index contributed by atoms with van der Waals surface area (Å²) in [6, 6.07) is 12.8. The highest BCUT2D eigenvalue weighted by atomic mass is 32.1. The highest BCUT2D eigenvalue weighted by Gasteiger charge is 2.27. The average molecular weight is 401 g/mol. The Morgan fingerprint density at radius 2 is 1.83 bits per heavy atom. The van der Waals surface area contributed by atoms with Gasteiger partial charge < -0.3 is 0 Å². The first-order chi connectivity index (χ1) is 14.2. The molecule has 0 unspecified atom stereocenters. The number of aromatic nitrogens is 1. The topological polar surface area (TPSA) is 33.2 Å². The summed E-state index contributed by atoms with van der Waals surface area (Å²) in [6.07, 6.45) is 4.51. The van der Waals surface area contributed by atoms with Crippen molar-refractivity contribution >= 4 is 22.7 Å². The number of ketones is 1. The second-order valence-electron chi connectivity index (χ2n) is 8.02. The molecule has 2 aromatic heterocycles. The van der Waals surface area contributed by atoms with Gasteiger partial charge in [-0.15, -0.1) is 0 Å². The lowest BCUT2D eigenvalue weighted by atomic mass is 9.87. The molecule has 1 fully saturated rings. The largest absolute Gasteiger partial charge is 0.298 e. The Balaban J connectivity index is 1.47. The first-order valence-corrected chi connectivity index (χ1v) is 11.2. The van der Waals surface area contributed by atoms with Crippen molar-refractivity contribution in [1.82, 2.24) is 9.88 Å². The minimum atomic E-state index is 0.245. The second kappa shape index (κ2) is 7.69. The summed E-state index contributed by atoms with van der Waals surface area (Å²) in [7, 11) is 0. The average Bonchev–Trinajstić information content (AvgIpc) is 3.16. The van der Waals surface area contributed by atoms with E-state index < -0.39 is 0 Å². The summed E-state index contributed by atoms with van der Waals surface area (Å²) in [5.74, 6) is 0.245. The summed E-state index contributed by atoms with van der Waals surface area (Å²) in [5, 5.41) is 4.20. The maximum absolute atomic E-state index is 12.8. The van der Waals surface area contributed by atoms with E-state index in [1.54, 1.807) is 11.3 Å². The molecule has 1 aliphatic heterocycles. The van der Waals surface area contributed by atoms with E-state index in [4.69, 9.17) is 0 Å². The molecule has 1 aliphatic carbocycles. The summed E-state index contributed by atoms with van der Waals surface area (Å²) in [6.45, 7) is 5.13. The molecule has 0 saturated carbocycles. The van der Waals surface area contributed by atoms with Crippen LogP contribution in [0.1, 0.15) is 51.1 Å². The molecule has 3 nitrogen and oxygen atoms in total. The van der Waals surface area contributed by atoms with Crippen LogP contribution in [-0.4, -0.2) is 28.8 Å². The highest BCUT2D eigenvalue weighted by Crippen LogP contribution is 2.40. The van der Waals surface area contributed by atoms with Crippen molar-refractivity contribution in [3.05, 3.63) is 92.4 Å². The van der Waals surface area contributed by atoms with Crippen LogP contribution in [0.2, 0.25) is 0 Å². The fourth-order valence-corrected chi connectivity index (χ4v) is 5.45. The van der Waals surface area contributed by atoms with E-state index in [1.807, 2.05) is 24.6 Å². The van der Waals surface area contributed by atoms with Crippen LogP contribution in [0.15, 0.2) is 58.9 Å². The molecule has 3 heterocycles. The molecule has 3 aromatic rings. The van der Waals surface area contributed by atoms with Crippen LogP contribution in [0.5, 0.6) is 0 Å². The minimum Gasteiger partial charge on any atom is -0.298 e. The number of nitrogens with zero attached hydrogens (tertiary/aromatic N) is 2. The number of Topliss-reactive ketones (excluding diaryl/α,β-unsaturated/α-hetero) is 1. The Morgan fingerprint density at radius 1 is 1.03 bits per heavy atom.